The molecule has 2 rings (SSSR count). The number of aryl methyl sites for hydroxylation is 1. The van der Waals surface area contributed by atoms with E-state index in [0.717, 1.165) is 37.2 Å². The van der Waals surface area contributed by atoms with E-state index in [0.29, 0.717) is 25.2 Å². The second-order valence-electron chi connectivity index (χ2n) is 6.68. The van der Waals surface area contributed by atoms with Gasteiger partial charge in [0.25, 0.3) is 5.91 Å². The third-order valence-corrected chi connectivity index (χ3v) is 5.15. The van der Waals surface area contributed by atoms with Crippen molar-refractivity contribution in [2.75, 3.05) is 39.8 Å². The van der Waals surface area contributed by atoms with E-state index in [1.807, 2.05) is 43.9 Å². The highest BCUT2D eigenvalue weighted by atomic mass is 16.5. The molecule has 134 valence electrons. The number of hydrogen-bond donors (Lipinski definition) is 1. The minimum absolute atomic E-state index is 0.0502. The number of β-amino-alcohol motifs (C(OH)–C–C–N with tert-alkyl or cyclic N) is 1. The summed E-state index contributed by atoms with van der Waals surface area (Å²) in [6, 6.07) is 5.60. The van der Waals surface area contributed by atoms with Gasteiger partial charge in [-0.05, 0) is 37.5 Å². The highest BCUT2D eigenvalue weighted by molar-refractivity contribution is 5.94. The third-order valence-electron chi connectivity index (χ3n) is 5.15. The van der Waals surface area contributed by atoms with Crippen LogP contribution in [0.3, 0.4) is 0 Å². The van der Waals surface area contributed by atoms with Crippen molar-refractivity contribution in [1.82, 2.24) is 9.80 Å². The number of ether oxygens (including phenoxy) is 1. The Bertz CT molecular complexity index is 562. The van der Waals surface area contributed by atoms with E-state index in [9.17, 15) is 9.90 Å². The van der Waals surface area contributed by atoms with Crippen LogP contribution in [0.1, 0.15) is 42.6 Å². The Morgan fingerprint density at radius 3 is 2.38 bits per heavy atom. The number of carbonyl (C=O) groups is 1. The lowest BCUT2D eigenvalue weighted by Gasteiger charge is -2.39. The Balaban J connectivity index is 1.95. The van der Waals surface area contributed by atoms with Crippen LogP contribution in [0.4, 0.5) is 0 Å². The number of carbonyl (C=O) groups excluding carboxylic acids is 1. The molecule has 1 heterocycles. The van der Waals surface area contributed by atoms with Crippen LogP contribution in [0, 0.1) is 6.92 Å². The quantitative estimate of drug-likeness (QED) is 0.867. The van der Waals surface area contributed by atoms with Gasteiger partial charge < -0.3 is 14.7 Å². The highest BCUT2D eigenvalue weighted by Gasteiger charge is 2.29. The zero-order valence-corrected chi connectivity index (χ0v) is 15.3. The van der Waals surface area contributed by atoms with Crippen LogP contribution in [0.2, 0.25) is 0 Å². The average molecular weight is 334 g/mol. The van der Waals surface area contributed by atoms with Gasteiger partial charge in [-0.2, -0.15) is 0 Å². The van der Waals surface area contributed by atoms with Gasteiger partial charge in [0.1, 0.15) is 5.75 Å². The van der Waals surface area contributed by atoms with Gasteiger partial charge in [-0.3, -0.25) is 9.69 Å². The maximum Gasteiger partial charge on any atom is 0.254 e. The summed E-state index contributed by atoms with van der Waals surface area (Å²) in [7, 11) is 1.62. The largest absolute Gasteiger partial charge is 0.496 e. The maximum atomic E-state index is 12.7. The van der Waals surface area contributed by atoms with E-state index in [-0.39, 0.29) is 5.91 Å². The summed E-state index contributed by atoms with van der Waals surface area (Å²) in [6.07, 6.45) is 1.51. The number of rotatable bonds is 6. The summed E-state index contributed by atoms with van der Waals surface area (Å²) < 4.78 is 5.31. The molecule has 0 spiro atoms. The molecule has 1 amide bonds. The Hall–Kier alpha value is -1.59. The van der Waals surface area contributed by atoms with Gasteiger partial charge in [0.05, 0.1) is 12.7 Å². The molecule has 0 radical (unpaired) electrons. The summed E-state index contributed by atoms with van der Waals surface area (Å²) in [6.45, 7) is 9.68. The number of piperazine rings is 1. The second-order valence-corrected chi connectivity index (χ2v) is 6.68. The van der Waals surface area contributed by atoms with Crippen LogP contribution in [-0.2, 0) is 0 Å². The van der Waals surface area contributed by atoms with E-state index in [1.165, 1.54) is 0 Å². The van der Waals surface area contributed by atoms with Crippen LogP contribution in [0.5, 0.6) is 5.75 Å². The van der Waals surface area contributed by atoms with Gasteiger partial charge in [0.2, 0.25) is 0 Å². The SMILES string of the molecule is CCC(O)(CC)CN1CCN(C(=O)c2ccc(C)c(OC)c2)CC1. The lowest BCUT2D eigenvalue weighted by Crippen LogP contribution is -2.53. The summed E-state index contributed by atoms with van der Waals surface area (Å²) in [5.74, 6) is 0.796. The first-order chi connectivity index (χ1) is 11.4. The number of hydrogen-bond acceptors (Lipinski definition) is 4. The van der Waals surface area contributed by atoms with E-state index in [2.05, 4.69) is 4.90 Å². The van der Waals surface area contributed by atoms with E-state index in [1.54, 1.807) is 7.11 Å². The predicted molar refractivity (Wildman–Crippen MR) is 95.6 cm³/mol. The molecule has 1 saturated heterocycles. The predicted octanol–water partition coefficient (Wildman–Crippen LogP) is 2.31. The summed E-state index contributed by atoms with van der Waals surface area (Å²) >= 11 is 0. The molecule has 0 unspecified atom stereocenters. The van der Waals surface area contributed by atoms with Crippen molar-refractivity contribution in [3.63, 3.8) is 0 Å². The molecule has 0 atom stereocenters. The van der Waals surface area contributed by atoms with Crippen molar-refractivity contribution in [3.8, 4) is 5.75 Å². The molecule has 1 aromatic carbocycles. The third kappa shape index (κ3) is 4.28. The van der Waals surface area contributed by atoms with Gasteiger partial charge in [0, 0.05) is 38.3 Å². The molecule has 1 N–H and O–H groups in total. The van der Waals surface area contributed by atoms with E-state index >= 15 is 0 Å². The first kappa shape index (κ1) is 18.7. The summed E-state index contributed by atoms with van der Waals surface area (Å²) in [5, 5.41) is 10.5. The Kier molecular flexibility index (Phi) is 6.24. The molecular weight excluding hydrogens is 304 g/mol. The first-order valence-electron chi connectivity index (χ1n) is 8.81. The molecule has 1 aromatic rings. The first-order valence-corrected chi connectivity index (χ1v) is 8.81. The zero-order chi connectivity index (χ0) is 17.7. The number of benzene rings is 1. The van der Waals surface area contributed by atoms with Crippen molar-refractivity contribution < 1.29 is 14.6 Å². The normalized spacial score (nSPS) is 16.3. The minimum Gasteiger partial charge on any atom is -0.496 e. The van der Waals surface area contributed by atoms with Crippen molar-refractivity contribution in [1.29, 1.82) is 0 Å². The lowest BCUT2D eigenvalue weighted by atomic mass is 9.96. The van der Waals surface area contributed by atoms with Crippen molar-refractivity contribution in [3.05, 3.63) is 29.3 Å². The number of methoxy groups -OCH3 is 1. The Labute approximate surface area is 145 Å². The van der Waals surface area contributed by atoms with Gasteiger partial charge >= 0.3 is 0 Å². The Morgan fingerprint density at radius 2 is 1.83 bits per heavy atom. The van der Waals surface area contributed by atoms with Crippen LogP contribution in [0.15, 0.2) is 18.2 Å². The van der Waals surface area contributed by atoms with Crippen molar-refractivity contribution in [2.45, 2.75) is 39.2 Å². The van der Waals surface area contributed by atoms with Crippen LogP contribution >= 0.6 is 0 Å². The second kappa shape index (κ2) is 7.99. The van der Waals surface area contributed by atoms with Crippen molar-refractivity contribution in [2.24, 2.45) is 0 Å². The van der Waals surface area contributed by atoms with Gasteiger partial charge in [0.15, 0.2) is 0 Å². The van der Waals surface area contributed by atoms with Crippen LogP contribution in [-0.4, -0.2) is 66.2 Å². The lowest BCUT2D eigenvalue weighted by molar-refractivity contribution is -0.0139. The van der Waals surface area contributed by atoms with Gasteiger partial charge in [-0.25, -0.2) is 0 Å². The molecule has 24 heavy (non-hydrogen) atoms. The molecule has 0 aliphatic carbocycles. The maximum absolute atomic E-state index is 12.7. The molecule has 0 bridgehead atoms. The fourth-order valence-corrected chi connectivity index (χ4v) is 3.13. The number of nitrogens with zero attached hydrogens (tertiary/aromatic N) is 2. The molecule has 0 aromatic heterocycles. The molecular formula is C19H30N2O3. The van der Waals surface area contributed by atoms with Gasteiger partial charge in [-0.15, -0.1) is 0 Å². The molecule has 1 aliphatic rings. The summed E-state index contributed by atoms with van der Waals surface area (Å²) in [4.78, 5) is 16.8. The highest BCUT2D eigenvalue weighted by Crippen LogP contribution is 2.21. The van der Waals surface area contributed by atoms with E-state index < -0.39 is 5.60 Å². The van der Waals surface area contributed by atoms with Crippen molar-refractivity contribution >= 4 is 5.91 Å². The summed E-state index contributed by atoms with van der Waals surface area (Å²) in [5.41, 5.74) is 1.08. The smallest absolute Gasteiger partial charge is 0.254 e. The van der Waals surface area contributed by atoms with Crippen LogP contribution < -0.4 is 4.74 Å². The average Bonchev–Trinajstić information content (AvgIpc) is 2.62. The minimum atomic E-state index is -0.615. The molecule has 5 nitrogen and oxygen atoms in total. The number of amides is 1. The Morgan fingerprint density at radius 1 is 1.21 bits per heavy atom. The van der Waals surface area contributed by atoms with Crippen LogP contribution in [0.25, 0.3) is 0 Å². The molecule has 1 fully saturated rings. The number of aliphatic hydroxyl groups is 1. The molecule has 0 saturated carbocycles. The topological polar surface area (TPSA) is 53.0 Å². The standard InChI is InChI=1S/C19H30N2O3/c1-5-19(23,6-2)14-20-9-11-21(12-10-20)18(22)16-8-7-15(3)17(13-16)24-4/h7-8,13,23H,5-6,9-12,14H2,1-4H3. The molecule has 1 aliphatic heterocycles. The van der Waals surface area contributed by atoms with Gasteiger partial charge in [-0.1, -0.05) is 19.9 Å². The fraction of sp³-hybridized carbons (Fsp3) is 0.632. The fourth-order valence-electron chi connectivity index (χ4n) is 3.13. The molecule has 5 heteroatoms. The monoisotopic (exact) mass is 334 g/mol. The van der Waals surface area contributed by atoms with E-state index in [4.69, 9.17) is 4.74 Å². The zero-order valence-electron chi connectivity index (χ0n) is 15.3.